The maximum absolute atomic E-state index is 13.1. The van der Waals surface area contributed by atoms with Crippen molar-refractivity contribution in [3.05, 3.63) is 58.7 Å². The lowest BCUT2D eigenvalue weighted by Crippen LogP contribution is -2.43. The molecule has 0 heterocycles. The maximum Gasteiger partial charge on any atom is 0.320 e. The molecule has 0 fully saturated rings. The smallest absolute Gasteiger partial charge is 0.320 e. The molecular formula is C21H30N6O2. The van der Waals surface area contributed by atoms with E-state index in [1.54, 1.807) is 35.9 Å². The van der Waals surface area contributed by atoms with Gasteiger partial charge in [0, 0.05) is 44.1 Å². The van der Waals surface area contributed by atoms with Crippen LogP contribution in [0.1, 0.15) is 29.2 Å². The quantitative estimate of drug-likeness (QED) is 0.201. The monoisotopic (exact) mass is 398 g/mol. The van der Waals surface area contributed by atoms with Gasteiger partial charge in [0.2, 0.25) is 0 Å². The van der Waals surface area contributed by atoms with E-state index in [-0.39, 0.29) is 12.6 Å². The molecule has 2 aromatic rings. The van der Waals surface area contributed by atoms with E-state index in [1.807, 2.05) is 31.2 Å². The Morgan fingerprint density at radius 3 is 2.48 bits per heavy atom. The highest BCUT2D eigenvalue weighted by molar-refractivity contribution is 5.85. The van der Waals surface area contributed by atoms with E-state index in [0.717, 1.165) is 22.4 Å². The van der Waals surface area contributed by atoms with Crippen molar-refractivity contribution in [3.63, 3.8) is 0 Å². The van der Waals surface area contributed by atoms with E-state index in [0.29, 0.717) is 24.3 Å². The zero-order valence-corrected chi connectivity index (χ0v) is 17.1. The fourth-order valence-corrected chi connectivity index (χ4v) is 3.17. The van der Waals surface area contributed by atoms with Gasteiger partial charge >= 0.3 is 6.03 Å². The zero-order valence-electron chi connectivity index (χ0n) is 17.1. The molecular weight excluding hydrogens is 368 g/mol. The van der Waals surface area contributed by atoms with Crippen molar-refractivity contribution in [2.75, 3.05) is 24.8 Å². The predicted octanol–water partition coefficient (Wildman–Crippen LogP) is 2.30. The Bertz CT molecular complexity index is 868. The largest absolute Gasteiger partial charge is 0.398 e. The Hall–Kier alpha value is -3.10. The van der Waals surface area contributed by atoms with Crippen LogP contribution in [0.4, 0.5) is 16.2 Å². The lowest BCUT2D eigenvalue weighted by Gasteiger charge is -2.29. The minimum absolute atomic E-state index is 0.196. The summed E-state index contributed by atoms with van der Waals surface area (Å²) in [4.78, 5) is 16.3. The van der Waals surface area contributed by atoms with E-state index in [4.69, 9.17) is 17.0 Å². The summed E-state index contributed by atoms with van der Waals surface area (Å²) in [6.45, 7) is 4.54. The number of carbonyl (C=O) groups is 1. The van der Waals surface area contributed by atoms with Crippen molar-refractivity contribution >= 4 is 23.6 Å². The molecule has 0 aliphatic carbocycles. The van der Waals surface area contributed by atoms with E-state index in [1.165, 1.54) is 6.21 Å². The van der Waals surface area contributed by atoms with Gasteiger partial charge in [-0.05, 0) is 48.7 Å². The number of carbonyl (C=O) groups excluding carboxylic acids is 1. The summed E-state index contributed by atoms with van der Waals surface area (Å²) in [6.07, 6.45) is 0.544. The van der Waals surface area contributed by atoms with Crippen molar-refractivity contribution in [1.29, 1.82) is 5.41 Å². The molecule has 8 heteroatoms. The van der Waals surface area contributed by atoms with Crippen LogP contribution in [0.25, 0.3) is 0 Å². The third-order valence-electron chi connectivity index (χ3n) is 4.63. The first-order valence-electron chi connectivity index (χ1n) is 9.38. The summed E-state index contributed by atoms with van der Waals surface area (Å²) in [6, 6.07) is 10.9. The van der Waals surface area contributed by atoms with Crippen LogP contribution >= 0.6 is 0 Å². The number of hydrazine groups is 1. The summed E-state index contributed by atoms with van der Waals surface area (Å²) >= 11 is 0. The van der Waals surface area contributed by atoms with Crippen LogP contribution in [0.3, 0.4) is 0 Å². The number of hydrogen-bond acceptors (Lipinski definition) is 6. The summed E-state index contributed by atoms with van der Waals surface area (Å²) in [7, 11) is 1.71. The standard InChI is InChI=1S/C21H30N6O2/c1-14-8-16(5-7-20(14)25-24)13-27(11-15(2)28)21(29)26(3)12-17-4-6-19(23)18(9-17)10-22/h4-10,15,22,25,28H,11-13,23-24H2,1-3H3. The van der Waals surface area contributed by atoms with Crippen LogP contribution in [0.15, 0.2) is 36.4 Å². The topological polar surface area (TPSA) is 132 Å². The van der Waals surface area contributed by atoms with Gasteiger partial charge in [-0.2, -0.15) is 0 Å². The lowest BCUT2D eigenvalue weighted by atomic mass is 10.1. The molecule has 1 atom stereocenters. The first-order valence-corrected chi connectivity index (χ1v) is 9.38. The SMILES string of the molecule is Cc1cc(CN(CC(C)O)C(=O)N(C)Cc2ccc(N)c(C=N)c2)ccc1NN. The molecule has 156 valence electrons. The summed E-state index contributed by atoms with van der Waals surface area (Å²) in [5.41, 5.74) is 13.2. The number of amides is 2. The average molecular weight is 399 g/mol. The summed E-state index contributed by atoms with van der Waals surface area (Å²) < 4.78 is 0. The highest BCUT2D eigenvalue weighted by Gasteiger charge is 2.20. The first-order chi connectivity index (χ1) is 13.7. The average Bonchev–Trinajstić information content (AvgIpc) is 2.68. The number of anilines is 2. The normalized spacial score (nSPS) is 11.6. The molecule has 29 heavy (non-hydrogen) atoms. The maximum atomic E-state index is 13.1. The molecule has 0 radical (unpaired) electrons. The number of benzene rings is 2. The fourth-order valence-electron chi connectivity index (χ4n) is 3.17. The van der Waals surface area contributed by atoms with E-state index in [2.05, 4.69) is 5.43 Å². The third-order valence-corrected chi connectivity index (χ3v) is 4.63. The van der Waals surface area contributed by atoms with Gasteiger partial charge in [0.1, 0.15) is 0 Å². The van der Waals surface area contributed by atoms with Crippen molar-refractivity contribution < 1.29 is 9.90 Å². The van der Waals surface area contributed by atoms with Crippen LogP contribution in [0, 0.1) is 12.3 Å². The Labute approximate surface area is 171 Å². The number of nitrogens with two attached hydrogens (primary N) is 2. The van der Waals surface area contributed by atoms with Gasteiger partial charge in [-0.3, -0.25) is 5.84 Å². The van der Waals surface area contributed by atoms with Crippen LogP contribution in [-0.4, -0.2) is 46.8 Å². The highest BCUT2D eigenvalue weighted by Crippen LogP contribution is 2.18. The third kappa shape index (κ3) is 5.94. The molecule has 0 bridgehead atoms. The van der Waals surface area contributed by atoms with Crippen molar-refractivity contribution in [3.8, 4) is 0 Å². The van der Waals surface area contributed by atoms with Crippen LogP contribution in [0.2, 0.25) is 0 Å². The van der Waals surface area contributed by atoms with Gasteiger partial charge in [0.15, 0.2) is 0 Å². The van der Waals surface area contributed by atoms with Gasteiger partial charge in [-0.1, -0.05) is 18.2 Å². The molecule has 0 saturated heterocycles. The Kier molecular flexibility index (Phi) is 7.58. The minimum Gasteiger partial charge on any atom is -0.398 e. The highest BCUT2D eigenvalue weighted by atomic mass is 16.3. The Morgan fingerprint density at radius 2 is 1.90 bits per heavy atom. The molecule has 0 aliphatic heterocycles. The van der Waals surface area contributed by atoms with Crippen LogP contribution in [0.5, 0.6) is 0 Å². The number of nitrogens with zero attached hydrogens (tertiary/aromatic N) is 2. The van der Waals surface area contributed by atoms with Crippen LogP contribution in [-0.2, 0) is 13.1 Å². The fraction of sp³-hybridized carbons (Fsp3) is 0.333. The molecule has 2 rings (SSSR count). The van der Waals surface area contributed by atoms with Gasteiger partial charge in [-0.25, -0.2) is 4.79 Å². The molecule has 0 aromatic heterocycles. The molecule has 2 aromatic carbocycles. The number of aryl methyl sites for hydroxylation is 1. The Balaban J connectivity index is 2.16. The van der Waals surface area contributed by atoms with Gasteiger partial charge in [0.05, 0.1) is 11.8 Å². The Morgan fingerprint density at radius 1 is 1.24 bits per heavy atom. The summed E-state index contributed by atoms with van der Waals surface area (Å²) in [5, 5.41) is 17.3. The molecule has 2 amide bonds. The second-order valence-corrected chi connectivity index (χ2v) is 7.27. The van der Waals surface area contributed by atoms with E-state index >= 15 is 0 Å². The van der Waals surface area contributed by atoms with Crippen LogP contribution < -0.4 is 17.0 Å². The minimum atomic E-state index is -0.653. The number of hydrogen-bond donors (Lipinski definition) is 5. The predicted molar refractivity (Wildman–Crippen MR) is 117 cm³/mol. The number of urea groups is 1. The van der Waals surface area contributed by atoms with Crippen molar-refractivity contribution in [2.24, 2.45) is 5.84 Å². The van der Waals surface area contributed by atoms with Gasteiger partial charge < -0.3 is 31.5 Å². The summed E-state index contributed by atoms with van der Waals surface area (Å²) in [5.74, 6) is 5.48. The number of aliphatic hydroxyl groups is 1. The molecule has 7 N–H and O–H groups in total. The number of nitrogen functional groups attached to an aromatic ring is 2. The zero-order chi connectivity index (χ0) is 21.6. The molecule has 8 nitrogen and oxygen atoms in total. The van der Waals surface area contributed by atoms with Gasteiger partial charge in [0.25, 0.3) is 0 Å². The van der Waals surface area contributed by atoms with Gasteiger partial charge in [-0.15, -0.1) is 0 Å². The first kappa shape index (κ1) is 22.2. The molecule has 0 aliphatic rings. The molecule has 0 spiro atoms. The number of aliphatic hydroxyl groups excluding tert-OH is 1. The second-order valence-electron chi connectivity index (χ2n) is 7.27. The molecule has 0 saturated carbocycles. The van der Waals surface area contributed by atoms with Crippen molar-refractivity contribution in [2.45, 2.75) is 33.0 Å². The number of nitrogens with one attached hydrogen (secondary N) is 2. The lowest BCUT2D eigenvalue weighted by molar-refractivity contribution is 0.112. The van der Waals surface area contributed by atoms with Crippen molar-refractivity contribution in [1.82, 2.24) is 9.80 Å². The second kappa shape index (κ2) is 9.90. The van der Waals surface area contributed by atoms with E-state index < -0.39 is 6.10 Å². The molecule has 1 unspecified atom stereocenters. The van der Waals surface area contributed by atoms with E-state index in [9.17, 15) is 9.90 Å². The number of rotatable bonds is 8.